The van der Waals surface area contributed by atoms with Gasteiger partial charge in [-0.3, -0.25) is 5.43 Å². The molecule has 0 saturated heterocycles. The zero-order valence-electron chi connectivity index (χ0n) is 19.9. The number of quaternary nitrogens is 1. The number of alkyl halides is 3. The molecule has 0 aliphatic carbocycles. The number of hydroxylamine groups is 1. The molecule has 0 spiro atoms. The number of nitrogens with one attached hydrogen (secondary N) is 1. The van der Waals surface area contributed by atoms with Crippen molar-refractivity contribution in [3.63, 3.8) is 0 Å². The van der Waals surface area contributed by atoms with Crippen molar-refractivity contribution in [3.8, 4) is 16.9 Å². The molecule has 4 aromatic rings. The second-order valence-corrected chi connectivity index (χ2v) is 9.40. The molecule has 198 valence electrons. The molecular formula is C27H19F3N4O4S. The van der Waals surface area contributed by atoms with E-state index in [1.807, 2.05) is 0 Å². The summed E-state index contributed by atoms with van der Waals surface area (Å²) in [6.45, 7) is -0.301. The third kappa shape index (κ3) is 5.25. The molecule has 1 aromatic heterocycles. The molecule has 0 bridgehead atoms. The number of anilines is 1. The summed E-state index contributed by atoms with van der Waals surface area (Å²) in [5.41, 5.74) is 4.09. The van der Waals surface area contributed by atoms with Crippen LogP contribution in [0.25, 0.3) is 11.1 Å². The van der Waals surface area contributed by atoms with Crippen molar-refractivity contribution >= 4 is 40.1 Å². The number of phenols is 1. The molecule has 1 aliphatic heterocycles. The largest absolute Gasteiger partial charge is 0.599 e. The topological polar surface area (TPSA) is 117 Å². The van der Waals surface area contributed by atoms with Crippen LogP contribution in [-0.2, 0) is 6.18 Å². The Bertz CT molecular complexity index is 1600. The van der Waals surface area contributed by atoms with Gasteiger partial charge in [0.1, 0.15) is 11.5 Å². The zero-order valence-corrected chi connectivity index (χ0v) is 20.7. The monoisotopic (exact) mass is 552 g/mol. The predicted octanol–water partition coefficient (Wildman–Crippen LogP) is 6.53. The second kappa shape index (κ2) is 9.98. The molecule has 0 radical (unpaired) electrons. The lowest BCUT2D eigenvalue weighted by atomic mass is 10.0. The highest BCUT2D eigenvalue weighted by molar-refractivity contribution is 7.08. The number of carboxylic acids is 1. The molecule has 3 N–H and O–H groups in total. The van der Waals surface area contributed by atoms with E-state index in [2.05, 4.69) is 15.6 Å². The van der Waals surface area contributed by atoms with Crippen molar-refractivity contribution in [2.45, 2.75) is 6.18 Å². The predicted molar refractivity (Wildman–Crippen MR) is 144 cm³/mol. The molecule has 2 heterocycles. The second-order valence-electron chi connectivity index (χ2n) is 8.62. The van der Waals surface area contributed by atoms with Crippen LogP contribution in [0.15, 0.2) is 93.8 Å². The van der Waals surface area contributed by atoms with Crippen LogP contribution in [0.1, 0.15) is 21.5 Å². The van der Waals surface area contributed by atoms with Crippen LogP contribution in [-0.4, -0.2) is 34.2 Å². The summed E-state index contributed by atoms with van der Waals surface area (Å²) in [7, 11) is 0. The Morgan fingerprint density at radius 2 is 1.79 bits per heavy atom. The van der Waals surface area contributed by atoms with E-state index in [1.165, 1.54) is 23.5 Å². The summed E-state index contributed by atoms with van der Waals surface area (Å²) in [5.74, 6) is -1.30. The van der Waals surface area contributed by atoms with Gasteiger partial charge < -0.3 is 15.4 Å². The summed E-state index contributed by atoms with van der Waals surface area (Å²) in [6.07, 6.45) is -4.54. The number of nitrogens with zero attached hydrogens (tertiary/aromatic N) is 3. The van der Waals surface area contributed by atoms with E-state index in [4.69, 9.17) is 0 Å². The molecule has 0 fully saturated rings. The van der Waals surface area contributed by atoms with E-state index in [-0.39, 0.29) is 40.7 Å². The van der Waals surface area contributed by atoms with Crippen molar-refractivity contribution in [3.05, 3.63) is 105 Å². The van der Waals surface area contributed by atoms with Gasteiger partial charge in [0.05, 0.1) is 16.8 Å². The van der Waals surface area contributed by atoms with Gasteiger partial charge in [-0.25, -0.2) is 4.79 Å². The number of hydrazone groups is 1. The number of halogens is 3. The number of phenolic OH excluding ortho intramolecular Hbond substituents is 1. The highest BCUT2D eigenvalue weighted by Crippen LogP contribution is 2.37. The van der Waals surface area contributed by atoms with Gasteiger partial charge in [0.25, 0.3) is 0 Å². The fraction of sp³-hybridized carbons (Fsp3) is 0.0741. The van der Waals surface area contributed by atoms with Gasteiger partial charge in [-0.05, 0) is 47.3 Å². The van der Waals surface area contributed by atoms with Gasteiger partial charge in [0, 0.05) is 28.6 Å². The minimum atomic E-state index is -4.54. The highest BCUT2D eigenvalue weighted by Gasteiger charge is 2.37. The van der Waals surface area contributed by atoms with E-state index >= 15 is 0 Å². The Hall–Kier alpha value is -4.52. The first-order valence-corrected chi connectivity index (χ1v) is 12.4. The third-order valence-corrected chi connectivity index (χ3v) is 6.74. The smallest absolute Gasteiger partial charge is 0.416 e. The number of benzene rings is 3. The van der Waals surface area contributed by atoms with Crippen LogP contribution >= 0.6 is 11.3 Å². The molecule has 1 atom stereocenters. The maximum absolute atomic E-state index is 13.7. The van der Waals surface area contributed by atoms with Crippen LogP contribution in [0, 0.1) is 5.21 Å². The molecule has 0 amide bonds. The van der Waals surface area contributed by atoms with Gasteiger partial charge in [-0.15, -0.1) is 0 Å². The van der Waals surface area contributed by atoms with E-state index in [0.717, 1.165) is 24.3 Å². The minimum absolute atomic E-state index is 0.00378. The molecule has 5 rings (SSSR count). The first-order chi connectivity index (χ1) is 18.5. The van der Waals surface area contributed by atoms with Crippen LogP contribution in [0.4, 0.5) is 24.5 Å². The number of aromatic carboxylic acids is 1. The van der Waals surface area contributed by atoms with Gasteiger partial charge in [0.15, 0.2) is 17.9 Å². The lowest BCUT2D eigenvalue weighted by Crippen LogP contribution is -2.37. The Kier molecular flexibility index (Phi) is 6.68. The van der Waals surface area contributed by atoms with Gasteiger partial charge in [-0.1, -0.05) is 29.4 Å². The first kappa shape index (κ1) is 26.1. The molecular weight excluding hydrogens is 533 g/mol. The van der Waals surface area contributed by atoms with E-state index < -0.39 is 22.5 Å². The van der Waals surface area contributed by atoms with Crippen molar-refractivity contribution < 1.29 is 28.2 Å². The number of para-hydroxylation sites is 1. The molecule has 3 aromatic carbocycles. The minimum Gasteiger partial charge on any atom is -0.599 e. The maximum Gasteiger partial charge on any atom is 0.416 e. The average Bonchev–Trinajstić information content (AvgIpc) is 3.56. The lowest BCUT2D eigenvalue weighted by Gasteiger charge is -2.31. The van der Waals surface area contributed by atoms with Crippen LogP contribution in [0.3, 0.4) is 0 Å². The Labute approximate surface area is 223 Å². The van der Waals surface area contributed by atoms with Crippen molar-refractivity contribution in [2.75, 3.05) is 12.0 Å². The standard InChI is InChI=1S/C27H19F3N4O4S/c28-27(29,30)19-7-9-20(10-8-19)34(38)14-23(24(33-34)18-11-12-39-15-18)32-31-22-6-2-5-21(25(22)35)16-3-1-4-17(13-16)26(36)37/h1-13,15,31,35H,14H2,(H,36,37)/b32-23+. The number of carbonyl (C=O) groups is 1. The van der Waals surface area contributed by atoms with Gasteiger partial charge in [-0.2, -0.15) is 34.4 Å². The lowest BCUT2D eigenvalue weighted by molar-refractivity contribution is -0.137. The number of hydrogen-bond donors (Lipinski definition) is 3. The summed E-state index contributed by atoms with van der Waals surface area (Å²) in [6, 6.07) is 16.5. The Balaban J connectivity index is 1.47. The van der Waals surface area contributed by atoms with Gasteiger partial charge in [0.2, 0.25) is 0 Å². The fourth-order valence-corrected chi connectivity index (χ4v) is 4.73. The number of hydrogen-bond acceptors (Lipinski definition) is 7. The summed E-state index contributed by atoms with van der Waals surface area (Å²) in [4.78, 5) is 11.3. The summed E-state index contributed by atoms with van der Waals surface area (Å²) < 4.78 is 37.7. The Morgan fingerprint density at radius 1 is 1.05 bits per heavy atom. The molecule has 39 heavy (non-hydrogen) atoms. The fourth-order valence-electron chi connectivity index (χ4n) is 4.09. The molecule has 1 unspecified atom stereocenters. The van der Waals surface area contributed by atoms with E-state index in [1.54, 1.807) is 47.2 Å². The van der Waals surface area contributed by atoms with E-state index in [0.29, 0.717) is 16.7 Å². The summed E-state index contributed by atoms with van der Waals surface area (Å²) in [5, 5.41) is 46.0. The number of thiophene rings is 1. The van der Waals surface area contributed by atoms with Crippen LogP contribution in [0.2, 0.25) is 0 Å². The number of carboxylic acid groups (broad SMARTS) is 1. The number of rotatable bonds is 6. The SMILES string of the molecule is O=C(O)c1cccc(-c2cccc(N/N=C3\C[N+]([O-])(c4ccc(C(F)(F)F)cc4)N=C3c3ccsc3)c2O)c1. The van der Waals surface area contributed by atoms with Crippen molar-refractivity contribution in [1.29, 1.82) is 0 Å². The normalized spacial score (nSPS) is 18.3. The molecule has 8 nitrogen and oxygen atoms in total. The van der Waals surface area contributed by atoms with Crippen molar-refractivity contribution in [1.82, 2.24) is 4.76 Å². The Morgan fingerprint density at radius 3 is 2.46 bits per heavy atom. The highest BCUT2D eigenvalue weighted by atomic mass is 32.1. The van der Waals surface area contributed by atoms with Crippen molar-refractivity contribution in [2.24, 2.45) is 10.2 Å². The number of aromatic hydroxyl groups is 1. The molecule has 0 saturated carbocycles. The average molecular weight is 553 g/mol. The zero-order chi connectivity index (χ0) is 27.8. The molecule has 1 aliphatic rings. The van der Waals surface area contributed by atoms with E-state index in [9.17, 15) is 33.4 Å². The molecule has 12 heteroatoms. The maximum atomic E-state index is 13.7. The van der Waals surface area contributed by atoms with Gasteiger partial charge >= 0.3 is 12.1 Å². The van der Waals surface area contributed by atoms with Crippen LogP contribution in [0.5, 0.6) is 5.75 Å². The quantitative estimate of drug-likeness (QED) is 0.109. The van der Waals surface area contributed by atoms with Crippen LogP contribution < -0.4 is 10.2 Å². The first-order valence-electron chi connectivity index (χ1n) is 11.4. The summed E-state index contributed by atoms with van der Waals surface area (Å²) >= 11 is 1.38. The third-order valence-electron chi connectivity index (χ3n) is 6.06.